The summed E-state index contributed by atoms with van der Waals surface area (Å²) in [6.07, 6.45) is 26.8. The molecule has 57 heavy (non-hydrogen) atoms. The van der Waals surface area contributed by atoms with Gasteiger partial charge < -0.3 is 9.80 Å². The van der Waals surface area contributed by atoms with E-state index in [1.807, 2.05) is 49.6 Å². The van der Waals surface area contributed by atoms with Crippen LogP contribution in [0.5, 0.6) is 0 Å². The van der Waals surface area contributed by atoms with Crippen molar-refractivity contribution in [3.05, 3.63) is 157 Å². The Morgan fingerprint density at radius 3 is 1.00 bits per heavy atom. The van der Waals surface area contributed by atoms with E-state index in [9.17, 15) is 0 Å². The van der Waals surface area contributed by atoms with E-state index in [-0.39, 0.29) is 5.41 Å². The zero-order valence-electron chi connectivity index (χ0n) is 35.4. The summed E-state index contributed by atoms with van der Waals surface area (Å²) in [4.78, 5) is 21.8. The molecule has 298 valence electrons. The standard InChI is InChI=1S/C45H48N6.2C3H8/c1-35-9-11-41-42-12-10-36(2)34-44(42)45(43(41)33-35,21-5-3-7-31-50(37-13-23-46-24-14-37)38-15-25-47-26-16-38)22-6-4-8-32-51(39-17-27-48-28-18-39)40-19-29-49-30-20-40;2*1-3-2/h9-20,23-30,33-34H,3-8,21-22,31-32H2,1-2H3;2*3H2,1-2H3. The fourth-order valence-electron chi connectivity index (χ4n) is 8.04. The molecule has 0 amide bonds. The fourth-order valence-corrected chi connectivity index (χ4v) is 8.04. The Balaban J connectivity index is 0.000000973. The first-order chi connectivity index (χ1) is 27.9. The molecule has 4 heterocycles. The first kappa shape index (κ1) is 42.8. The maximum Gasteiger partial charge on any atom is 0.0441 e. The highest BCUT2D eigenvalue weighted by Gasteiger charge is 2.42. The van der Waals surface area contributed by atoms with E-state index in [2.05, 4.69) is 156 Å². The predicted molar refractivity (Wildman–Crippen MR) is 242 cm³/mol. The van der Waals surface area contributed by atoms with Crippen molar-refractivity contribution < 1.29 is 0 Å². The molecule has 0 bridgehead atoms. The molecule has 0 spiro atoms. The first-order valence-electron chi connectivity index (χ1n) is 21.3. The van der Waals surface area contributed by atoms with Crippen LogP contribution in [-0.4, -0.2) is 33.0 Å². The predicted octanol–water partition coefficient (Wildman–Crippen LogP) is 13.8. The molecule has 6 heteroatoms. The quantitative estimate of drug-likeness (QED) is 0.0916. The highest BCUT2D eigenvalue weighted by atomic mass is 15.1. The number of pyridine rings is 4. The number of hydrogen-bond donors (Lipinski definition) is 0. The molecule has 1 aliphatic carbocycles. The first-order valence-corrected chi connectivity index (χ1v) is 21.3. The summed E-state index contributed by atoms with van der Waals surface area (Å²) in [7, 11) is 0. The molecule has 6 aromatic rings. The van der Waals surface area contributed by atoms with E-state index in [4.69, 9.17) is 0 Å². The van der Waals surface area contributed by atoms with Crippen molar-refractivity contribution >= 4 is 22.7 Å². The Labute approximate surface area is 343 Å². The molecule has 2 aromatic carbocycles. The summed E-state index contributed by atoms with van der Waals surface area (Å²) in [6, 6.07) is 31.1. The lowest BCUT2D eigenvalue weighted by Crippen LogP contribution is -2.26. The van der Waals surface area contributed by atoms with Gasteiger partial charge in [-0.2, -0.15) is 0 Å². The molecule has 0 fully saturated rings. The zero-order chi connectivity index (χ0) is 40.3. The Morgan fingerprint density at radius 2 is 0.702 bits per heavy atom. The van der Waals surface area contributed by atoms with Crippen LogP contribution in [0.1, 0.15) is 114 Å². The third-order valence-electron chi connectivity index (χ3n) is 10.5. The number of fused-ring (bicyclic) bond motifs is 3. The van der Waals surface area contributed by atoms with Crippen LogP contribution >= 0.6 is 0 Å². The average Bonchev–Trinajstić information content (AvgIpc) is 3.49. The van der Waals surface area contributed by atoms with Crippen LogP contribution in [-0.2, 0) is 5.41 Å². The monoisotopic (exact) mass is 761 g/mol. The van der Waals surface area contributed by atoms with E-state index in [1.54, 1.807) is 0 Å². The molecular formula is C51H64N6. The number of unbranched alkanes of at least 4 members (excludes halogenated alkanes) is 4. The normalized spacial score (nSPS) is 12.0. The van der Waals surface area contributed by atoms with Crippen LogP contribution in [0, 0.1) is 13.8 Å². The van der Waals surface area contributed by atoms with Crippen LogP contribution < -0.4 is 9.80 Å². The number of aromatic nitrogens is 4. The summed E-state index contributed by atoms with van der Waals surface area (Å²) in [5.41, 5.74) is 13.3. The van der Waals surface area contributed by atoms with Gasteiger partial charge in [-0.25, -0.2) is 0 Å². The molecule has 0 aliphatic heterocycles. The van der Waals surface area contributed by atoms with Gasteiger partial charge in [-0.05, 0) is 110 Å². The van der Waals surface area contributed by atoms with Crippen LogP contribution in [0.4, 0.5) is 22.7 Å². The van der Waals surface area contributed by atoms with Gasteiger partial charge in [0, 0.05) is 90.8 Å². The number of nitrogens with zero attached hydrogens (tertiary/aromatic N) is 6. The lowest BCUT2D eigenvalue weighted by atomic mass is 9.70. The Bertz CT molecular complexity index is 1790. The molecule has 4 aromatic heterocycles. The third-order valence-corrected chi connectivity index (χ3v) is 10.5. The van der Waals surface area contributed by atoms with E-state index in [0.29, 0.717) is 0 Å². The average molecular weight is 761 g/mol. The number of anilines is 4. The van der Waals surface area contributed by atoms with Crippen LogP contribution in [0.2, 0.25) is 0 Å². The minimum absolute atomic E-state index is 0.0223. The number of hydrogen-bond acceptors (Lipinski definition) is 6. The van der Waals surface area contributed by atoms with Gasteiger partial charge in [0.15, 0.2) is 0 Å². The van der Waals surface area contributed by atoms with Crippen molar-refractivity contribution in [3.8, 4) is 11.1 Å². The van der Waals surface area contributed by atoms with Crippen molar-refractivity contribution in [2.24, 2.45) is 0 Å². The molecule has 0 N–H and O–H groups in total. The SMILES string of the molecule is CCC.CCC.Cc1ccc2c(c1)C(CCCCCN(c1ccncc1)c1ccncc1)(CCCCCN(c1ccncc1)c1ccncc1)c1cc(C)ccc1-2. The van der Waals surface area contributed by atoms with E-state index < -0.39 is 0 Å². The minimum Gasteiger partial charge on any atom is -0.341 e. The highest BCUT2D eigenvalue weighted by molar-refractivity contribution is 5.81. The van der Waals surface area contributed by atoms with Gasteiger partial charge in [0.05, 0.1) is 0 Å². The largest absolute Gasteiger partial charge is 0.341 e. The van der Waals surface area contributed by atoms with Crippen LogP contribution in [0.3, 0.4) is 0 Å². The second-order valence-corrected chi connectivity index (χ2v) is 15.3. The molecular weight excluding hydrogens is 697 g/mol. The maximum absolute atomic E-state index is 4.26. The molecule has 0 atom stereocenters. The minimum atomic E-state index is 0.0223. The highest BCUT2D eigenvalue weighted by Crippen LogP contribution is 2.54. The molecule has 6 nitrogen and oxygen atoms in total. The lowest BCUT2D eigenvalue weighted by Gasteiger charge is -2.33. The third kappa shape index (κ3) is 11.4. The van der Waals surface area contributed by atoms with Crippen LogP contribution in [0.25, 0.3) is 11.1 Å². The topological polar surface area (TPSA) is 58.0 Å². The van der Waals surface area contributed by atoms with Crippen molar-refractivity contribution in [3.63, 3.8) is 0 Å². The zero-order valence-corrected chi connectivity index (χ0v) is 35.4. The van der Waals surface area contributed by atoms with Gasteiger partial charge in [-0.15, -0.1) is 0 Å². The molecule has 0 saturated carbocycles. The summed E-state index contributed by atoms with van der Waals surface area (Å²) >= 11 is 0. The van der Waals surface area contributed by atoms with Gasteiger partial charge >= 0.3 is 0 Å². The van der Waals surface area contributed by atoms with Gasteiger partial charge in [-0.1, -0.05) is 114 Å². The summed E-state index contributed by atoms with van der Waals surface area (Å²) in [5, 5.41) is 0. The smallest absolute Gasteiger partial charge is 0.0441 e. The second kappa shape index (κ2) is 22.4. The fraction of sp³-hybridized carbons (Fsp3) is 0.373. The van der Waals surface area contributed by atoms with Gasteiger partial charge in [0.2, 0.25) is 0 Å². The Hall–Kier alpha value is -5.36. The van der Waals surface area contributed by atoms with Crippen molar-refractivity contribution in [2.75, 3.05) is 22.9 Å². The molecule has 0 unspecified atom stereocenters. The Kier molecular flexibility index (Phi) is 16.8. The van der Waals surface area contributed by atoms with Crippen LogP contribution in [0.15, 0.2) is 135 Å². The number of rotatable bonds is 16. The van der Waals surface area contributed by atoms with Gasteiger partial charge in [-0.3, -0.25) is 19.9 Å². The summed E-state index contributed by atoms with van der Waals surface area (Å²) < 4.78 is 0. The molecule has 7 rings (SSSR count). The number of aryl methyl sites for hydroxylation is 2. The van der Waals surface area contributed by atoms with Crippen molar-refractivity contribution in [1.29, 1.82) is 0 Å². The summed E-state index contributed by atoms with van der Waals surface area (Å²) in [6.45, 7) is 14.9. The molecule has 0 radical (unpaired) electrons. The second-order valence-electron chi connectivity index (χ2n) is 15.3. The van der Waals surface area contributed by atoms with E-state index in [1.165, 1.54) is 94.7 Å². The number of benzene rings is 2. The lowest BCUT2D eigenvalue weighted by molar-refractivity contribution is 0.402. The van der Waals surface area contributed by atoms with E-state index in [0.717, 1.165) is 38.8 Å². The summed E-state index contributed by atoms with van der Waals surface area (Å²) in [5.74, 6) is 0. The van der Waals surface area contributed by atoms with Gasteiger partial charge in [0.25, 0.3) is 0 Å². The van der Waals surface area contributed by atoms with Crippen molar-refractivity contribution in [2.45, 2.75) is 111 Å². The molecule has 1 aliphatic rings. The van der Waals surface area contributed by atoms with Gasteiger partial charge in [0.1, 0.15) is 0 Å². The molecule has 0 saturated heterocycles. The Morgan fingerprint density at radius 1 is 0.404 bits per heavy atom. The maximum atomic E-state index is 4.26. The van der Waals surface area contributed by atoms with E-state index >= 15 is 0 Å². The van der Waals surface area contributed by atoms with Crippen molar-refractivity contribution in [1.82, 2.24) is 19.9 Å².